The Labute approximate surface area is 167 Å². The molecule has 2 N–H and O–H groups in total. The van der Waals surface area contributed by atoms with Gasteiger partial charge in [0.05, 0.1) is 5.57 Å². The minimum Gasteiger partial charge on any atom is -0.431 e. The molecular formula is C23H43NO3. The van der Waals surface area contributed by atoms with Crippen molar-refractivity contribution in [1.29, 1.82) is 0 Å². The molecule has 0 fully saturated rings. The average Bonchev–Trinajstić information content (AvgIpc) is 2.62. The lowest BCUT2D eigenvalue weighted by Gasteiger charge is -2.08. The number of nitrogens with two attached hydrogens (primary N) is 1. The van der Waals surface area contributed by atoms with E-state index in [0.717, 1.165) is 12.8 Å². The fourth-order valence-corrected chi connectivity index (χ4v) is 3.34. The largest absolute Gasteiger partial charge is 0.431 e. The molecule has 0 aliphatic heterocycles. The lowest BCUT2D eigenvalue weighted by atomic mass is 10.0. The summed E-state index contributed by atoms with van der Waals surface area (Å²) in [5.74, 6) is -0.432. The molecule has 0 aliphatic rings. The fourth-order valence-electron chi connectivity index (χ4n) is 3.34. The average molecular weight is 382 g/mol. The number of amides is 1. The Morgan fingerprint density at radius 3 is 1.48 bits per heavy atom. The van der Waals surface area contributed by atoms with Crippen LogP contribution >= 0.6 is 0 Å². The summed E-state index contributed by atoms with van der Waals surface area (Å²) in [5.41, 5.74) is 5.66. The third kappa shape index (κ3) is 15.4. The van der Waals surface area contributed by atoms with Crippen LogP contribution in [0.15, 0.2) is 11.3 Å². The number of primary amides is 1. The van der Waals surface area contributed by atoms with Gasteiger partial charge in [-0.05, 0) is 19.8 Å². The summed E-state index contributed by atoms with van der Waals surface area (Å²) in [5, 5.41) is 0. The number of hydrogen-bond acceptors (Lipinski definition) is 3. The van der Waals surface area contributed by atoms with E-state index in [1.807, 2.05) is 6.92 Å². The molecule has 0 unspecified atom stereocenters. The molecule has 0 aromatic heterocycles. The van der Waals surface area contributed by atoms with Crippen molar-refractivity contribution in [2.45, 2.75) is 124 Å². The predicted molar refractivity (Wildman–Crippen MR) is 113 cm³/mol. The van der Waals surface area contributed by atoms with Gasteiger partial charge < -0.3 is 10.5 Å². The topological polar surface area (TPSA) is 69.4 Å². The Morgan fingerprint density at radius 1 is 0.704 bits per heavy atom. The highest BCUT2D eigenvalue weighted by atomic mass is 16.5. The maximum atomic E-state index is 11.8. The number of ether oxygens (including phenoxy) is 1. The van der Waals surface area contributed by atoms with Crippen LogP contribution in [0.4, 0.5) is 0 Å². The van der Waals surface area contributed by atoms with Crippen LogP contribution in [0.5, 0.6) is 0 Å². The number of allylic oxidation sites excluding steroid dienone is 1. The van der Waals surface area contributed by atoms with Crippen LogP contribution in [0.25, 0.3) is 0 Å². The summed E-state index contributed by atoms with van der Waals surface area (Å²) in [4.78, 5) is 23.0. The van der Waals surface area contributed by atoms with Crippen molar-refractivity contribution < 1.29 is 14.3 Å². The lowest BCUT2D eigenvalue weighted by molar-refractivity contribution is -0.139. The van der Waals surface area contributed by atoms with E-state index >= 15 is 0 Å². The van der Waals surface area contributed by atoms with Crippen molar-refractivity contribution in [2.75, 3.05) is 0 Å². The summed E-state index contributed by atoms with van der Waals surface area (Å²) in [6, 6.07) is 0. The van der Waals surface area contributed by atoms with E-state index in [2.05, 4.69) is 6.92 Å². The molecule has 27 heavy (non-hydrogen) atoms. The second-order valence-corrected chi connectivity index (χ2v) is 7.57. The van der Waals surface area contributed by atoms with Crippen LogP contribution in [-0.2, 0) is 14.3 Å². The Bertz CT molecular complexity index is 429. The normalized spacial score (nSPS) is 12.0. The van der Waals surface area contributed by atoms with Gasteiger partial charge in [-0.25, -0.2) is 0 Å². The van der Waals surface area contributed by atoms with Crippen LogP contribution in [0, 0.1) is 0 Å². The van der Waals surface area contributed by atoms with Gasteiger partial charge in [-0.1, -0.05) is 97.3 Å². The first-order valence-corrected chi connectivity index (χ1v) is 11.2. The Balaban J connectivity index is 3.49. The van der Waals surface area contributed by atoms with Crippen molar-refractivity contribution in [3.05, 3.63) is 11.3 Å². The standard InChI is InChI=1S/C23H43NO3/c1-4-6-7-8-9-10-11-12-13-14-15-16-17-18-19-22(25)27-20(3)21(5-2)23(24)26/h4-19H2,1-3H3,(H2,24,26). The van der Waals surface area contributed by atoms with Crippen molar-refractivity contribution >= 4 is 11.9 Å². The van der Waals surface area contributed by atoms with Gasteiger partial charge in [0.1, 0.15) is 5.76 Å². The number of unbranched alkanes of at least 4 members (excludes halogenated alkanes) is 13. The predicted octanol–water partition coefficient (Wildman–Crippen LogP) is 6.57. The minimum absolute atomic E-state index is 0.265. The molecule has 0 heterocycles. The minimum atomic E-state index is -0.515. The molecule has 4 nitrogen and oxygen atoms in total. The molecule has 0 aliphatic carbocycles. The van der Waals surface area contributed by atoms with Gasteiger partial charge >= 0.3 is 5.97 Å². The second kappa shape index (κ2) is 18.1. The summed E-state index contributed by atoms with van der Waals surface area (Å²) in [6.07, 6.45) is 19.0. The Hall–Kier alpha value is -1.32. The Kier molecular flexibility index (Phi) is 17.2. The SMILES string of the molecule is CCCCCCCCCCCCCCCCC(=O)OC(C)=C(CC)C(N)=O. The molecule has 0 atom stereocenters. The van der Waals surface area contributed by atoms with Crippen molar-refractivity contribution in [1.82, 2.24) is 0 Å². The van der Waals surface area contributed by atoms with E-state index in [1.165, 1.54) is 77.0 Å². The molecule has 0 aromatic carbocycles. The molecule has 0 radical (unpaired) electrons. The van der Waals surface area contributed by atoms with Crippen molar-refractivity contribution in [3.63, 3.8) is 0 Å². The van der Waals surface area contributed by atoms with E-state index < -0.39 is 5.91 Å². The molecule has 0 aromatic rings. The van der Waals surface area contributed by atoms with Gasteiger partial charge in [0.15, 0.2) is 0 Å². The van der Waals surface area contributed by atoms with Crippen molar-refractivity contribution in [3.8, 4) is 0 Å². The third-order valence-corrected chi connectivity index (χ3v) is 5.08. The summed E-state index contributed by atoms with van der Waals surface area (Å²) in [7, 11) is 0. The fraction of sp³-hybridized carbons (Fsp3) is 0.826. The molecule has 1 amide bonds. The number of hydrogen-bond donors (Lipinski definition) is 1. The summed E-state index contributed by atoms with van der Waals surface area (Å²) in [6.45, 7) is 5.72. The van der Waals surface area contributed by atoms with E-state index in [9.17, 15) is 9.59 Å². The van der Waals surface area contributed by atoms with Gasteiger partial charge in [-0.3, -0.25) is 9.59 Å². The maximum Gasteiger partial charge on any atom is 0.310 e. The molecular weight excluding hydrogens is 338 g/mol. The first-order chi connectivity index (χ1) is 13.0. The molecule has 0 saturated carbocycles. The highest BCUT2D eigenvalue weighted by molar-refractivity contribution is 5.92. The maximum absolute atomic E-state index is 11.8. The zero-order valence-corrected chi connectivity index (χ0v) is 18.1. The monoisotopic (exact) mass is 381 g/mol. The van der Waals surface area contributed by atoms with Gasteiger partial charge in [0, 0.05) is 6.42 Å². The van der Waals surface area contributed by atoms with Gasteiger partial charge in [-0.2, -0.15) is 0 Å². The number of carbonyl (C=O) groups is 2. The van der Waals surface area contributed by atoms with Gasteiger partial charge in [-0.15, -0.1) is 0 Å². The number of rotatable bonds is 18. The number of carbonyl (C=O) groups excluding carboxylic acids is 2. The molecule has 4 heteroatoms. The highest BCUT2D eigenvalue weighted by Crippen LogP contribution is 2.14. The summed E-state index contributed by atoms with van der Waals surface area (Å²) < 4.78 is 5.22. The van der Waals surface area contributed by atoms with Gasteiger partial charge in [0.2, 0.25) is 5.91 Å². The van der Waals surface area contributed by atoms with Crippen LogP contribution in [-0.4, -0.2) is 11.9 Å². The smallest absolute Gasteiger partial charge is 0.310 e. The Morgan fingerprint density at radius 2 is 1.11 bits per heavy atom. The van der Waals surface area contributed by atoms with E-state index in [4.69, 9.17) is 10.5 Å². The first-order valence-electron chi connectivity index (χ1n) is 11.2. The zero-order valence-electron chi connectivity index (χ0n) is 18.1. The second-order valence-electron chi connectivity index (χ2n) is 7.57. The molecule has 0 saturated heterocycles. The molecule has 0 bridgehead atoms. The van der Waals surface area contributed by atoms with Crippen LogP contribution in [0.3, 0.4) is 0 Å². The van der Waals surface area contributed by atoms with Crippen LogP contribution < -0.4 is 5.73 Å². The van der Waals surface area contributed by atoms with E-state index in [1.54, 1.807) is 6.92 Å². The zero-order chi connectivity index (χ0) is 20.3. The highest BCUT2D eigenvalue weighted by Gasteiger charge is 2.11. The quantitative estimate of drug-likeness (QED) is 0.126. The summed E-state index contributed by atoms with van der Waals surface area (Å²) >= 11 is 0. The van der Waals surface area contributed by atoms with Crippen LogP contribution in [0.1, 0.15) is 124 Å². The molecule has 0 spiro atoms. The third-order valence-electron chi connectivity index (χ3n) is 5.08. The van der Waals surface area contributed by atoms with E-state index in [0.29, 0.717) is 24.2 Å². The van der Waals surface area contributed by atoms with E-state index in [-0.39, 0.29) is 5.97 Å². The van der Waals surface area contributed by atoms with Crippen LogP contribution in [0.2, 0.25) is 0 Å². The van der Waals surface area contributed by atoms with Gasteiger partial charge in [0.25, 0.3) is 0 Å². The molecule has 0 rings (SSSR count). The first kappa shape index (κ1) is 25.7. The molecule has 158 valence electrons. The lowest BCUT2D eigenvalue weighted by Crippen LogP contribution is -2.17. The number of esters is 1. The van der Waals surface area contributed by atoms with Crippen molar-refractivity contribution in [2.24, 2.45) is 5.73 Å².